The number of nitrogens with zero attached hydrogens (tertiary/aromatic N) is 1. The third-order valence-electron chi connectivity index (χ3n) is 6.85. The number of rotatable bonds is 6. The van der Waals surface area contributed by atoms with Gasteiger partial charge in [0, 0.05) is 28.8 Å². The van der Waals surface area contributed by atoms with Crippen LogP contribution in [0.3, 0.4) is 0 Å². The summed E-state index contributed by atoms with van der Waals surface area (Å²) in [5.74, 6) is 0.549. The molecule has 5 rings (SSSR count). The van der Waals surface area contributed by atoms with E-state index in [2.05, 4.69) is 47.6 Å². The number of benzene rings is 3. The van der Waals surface area contributed by atoms with Gasteiger partial charge in [0.2, 0.25) is 0 Å². The number of carbonyl (C=O) groups is 2. The van der Waals surface area contributed by atoms with E-state index in [1.807, 2.05) is 41.3 Å². The van der Waals surface area contributed by atoms with E-state index in [4.69, 9.17) is 9.47 Å². The minimum Gasteiger partial charge on any atom is -0.497 e. The van der Waals surface area contributed by atoms with Crippen molar-refractivity contribution < 1.29 is 19.1 Å². The molecule has 0 saturated carbocycles. The van der Waals surface area contributed by atoms with Crippen molar-refractivity contribution >= 4 is 28.6 Å². The number of amides is 2. The standard InChI is InChI=1S/C30H31N3O4/c1-4-37-27(34)17-20-7-11-22(12-8-20)31-30(35)33-16-15-24-25-18-23(36-3)13-14-26(25)32-28(24)29(33)21-9-5-19(2)6-10-21/h5-14,18,29,32H,4,15-17H2,1-3H3,(H,31,35)/t29-/m1/s1. The summed E-state index contributed by atoms with van der Waals surface area (Å²) >= 11 is 0. The molecule has 7 heteroatoms. The first-order valence-corrected chi connectivity index (χ1v) is 12.5. The van der Waals surface area contributed by atoms with E-state index in [9.17, 15) is 9.59 Å². The first-order valence-electron chi connectivity index (χ1n) is 12.5. The second-order valence-corrected chi connectivity index (χ2v) is 9.29. The van der Waals surface area contributed by atoms with Crippen LogP contribution in [-0.2, 0) is 22.4 Å². The third kappa shape index (κ3) is 5.03. The molecule has 0 unspecified atom stereocenters. The summed E-state index contributed by atoms with van der Waals surface area (Å²) < 4.78 is 10.5. The van der Waals surface area contributed by atoms with E-state index in [1.165, 1.54) is 11.1 Å². The lowest BCUT2D eigenvalue weighted by molar-refractivity contribution is -0.142. The predicted octanol–water partition coefficient (Wildman–Crippen LogP) is 5.77. The van der Waals surface area contributed by atoms with Crippen LogP contribution in [0.1, 0.15) is 40.9 Å². The molecule has 37 heavy (non-hydrogen) atoms. The lowest BCUT2D eigenvalue weighted by Crippen LogP contribution is -2.43. The fourth-order valence-corrected chi connectivity index (χ4v) is 4.99. The van der Waals surface area contributed by atoms with E-state index in [-0.39, 0.29) is 24.5 Å². The van der Waals surface area contributed by atoms with Crippen molar-refractivity contribution in [2.75, 3.05) is 25.6 Å². The highest BCUT2D eigenvalue weighted by Gasteiger charge is 2.34. The summed E-state index contributed by atoms with van der Waals surface area (Å²) in [4.78, 5) is 30.8. The minimum absolute atomic E-state index is 0.175. The number of carbonyl (C=O) groups excluding carboxylic acids is 2. The molecule has 2 amide bonds. The Morgan fingerprint density at radius 3 is 2.51 bits per heavy atom. The van der Waals surface area contributed by atoms with Gasteiger partial charge in [-0.05, 0) is 67.3 Å². The van der Waals surface area contributed by atoms with E-state index < -0.39 is 0 Å². The van der Waals surface area contributed by atoms with E-state index in [1.54, 1.807) is 14.0 Å². The molecule has 0 fully saturated rings. The Kier molecular flexibility index (Phi) is 6.86. The molecule has 0 spiro atoms. The Bertz CT molecular complexity index is 1420. The number of methoxy groups -OCH3 is 1. The average molecular weight is 498 g/mol. The van der Waals surface area contributed by atoms with Crippen molar-refractivity contribution in [1.82, 2.24) is 9.88 Å². The first-order chi connectivity index (χ1) is 18.0. The van der Waals surface area contributed by atoms with Crippen LogP contribution in [0, 0.1) is 6.92 Å². The van der Waals surface area contributed by atoms with Crippen LogP contribution < -0.4 is 10.1 Å². The lowest BCUT2D eigenvalue weighted by Gasteiger charge is -2.36. The fraction of sp³-hybridized carbons (Fsp3) is 0.267. The number of urea groups is 1. The van der Waals surface area contributed by atoms with Crippen molar-refractivity contribution in [3.63, 3.8) is 0 Å². The molecule has 0 saturated heterocycles. The van der Waals surface area contributed by atoms with Crippen LogP contribution in [0.5, 0.6) is 5.75 Å². The maximum Gasteiger partial charge on any atom is 0.322 e. The van der Waals surface area contributed by atoms with Gasteiger partial charge < -0.3 is 24.7 Å². The van der Waals surface area contributed by atoms with E-state index in [0.29, 0.717) is 18.8 Å². The van der Waals surface area contributed by atoms with Crippen molar-refractivity contribution in [1.29, 1.82) is 0 Å². The normalized spacial score (nSPS) is 14.8. The maximum absolute atomic E-state index is 13.6. The number of hydrogen-bond donors (Lipinski definition) is 2. The molecular weight excluding hydrogens is 466 g/mol. The van der Waals surface area contributed by atoms with Gasteiger partial charge in [-0.25, -0.2) is 4.79 Å². The van der Waals surface area contributed by atoms with Crippen molar-refractivity contribution in [3.8, 4) is 5.75 Å². The molecule has 4 aromatic rings. The van der Waals surface area contributed by atoms with Gasteiger partial charge >= 0.3 is 12.0 Å². The zero-order chi connectivity index (χ0) is 25.9. The number of ether oxygens (including phenoxy) is 2. The van der Waals surface area contributed by atoms with Crippen LogP contribution in [0.2, 0.25) is 0 Å². The second-order valence-electron chi connectivity index (χ2n) is 9.29. The second kappa shape index (κ2) is 10.4. The van der Waals surface area contributed by atoms with Gasteiger partial charge in [-0.3, -0.25) is 4.79 Å². The molecule has 0 aliphatic carbocycles. The quantitative estimate of drug-likeness (QED) is 0.331. The van der Waals surface area contributed by atoms with Gasteiger partial charge in [0.25, 0.3) is 0 Å². The lowest BCUT2D eigenvalue weighted by atomic mass is 9.92. The topological polar surface area (TPSA) is 83.7 Å². The zero-order valence-corrected chi connectivity index (χ0v) is 21.3. The van der Waals surface area contributed by atoms with Crippen LogP contribution >= 0.6 is 0 Å². The van der Waals surface area contributed by atoms with Crippen molar-refractivity contribution in [2.24, 2.45) is 0 Å². The molecule has 1 aromatic heterocycles. The Balaban J connectivity index is 1.44. The molecule has 7 nitrogen and oxygen atoms in total. The number of anilines is 1. The van der Waals surface area contributed by atoms with E-state index in [0.717, 1.165) is 39.9 Å². The highest BCUT2D eigenvalue weighted by atomic mass is 16.5. The molecule has 0 bridgehead atoms. The van der Waals surface area contributed by atoms with Gasteiger partial charge in [0.1, 0.15) is 5.75 Å². The van der Waals surface area contributed by atoms with Gasteiger partial charge in [-0.1, -0.05) is 42.0 Å². The molecule has 0 radical (unpaired) electrons. The first kappa shape index (κ1) is 24.4. The molecule has 3 aromatic carbocycles. The summed E-state index contributed by atoms with van der Waals surface area (Å²) in [5.41, 5.74) is 7.00. The largest absolute Gasteiger partial charge is 0.497 e. The smallest absolute Gasteiger partial charge is 0.322 e. The Labute approximate surface area is 216 Å². The van der Waals surface area contributed by atoms with Gasteiger partial charge in [0.05, 0.1) is 26.2 Å². The van der Waals surface area contributed by atoms with Crippen LogP contribution in [0.15, 0.2) is 66.7 Å². The molecule has 1 aliphatic heterocycles. The van der Waals surface area contributed by atoms with Crippen LogP contribution in [-0.4, -0.2) is 42.1 Å². The molecule has 2 N–H and O–H groups in total. The Morgan fingerprint density at radius 1 is 1.05 bits per heavy atom. The minimum atomic E-state index is -0.264. The average Bonchev–Trinajstić information content (AvgIpc) is 3.28. The number of esters is 1. The molecule has 190 valence electrons. The third-order valence-corrected chi connectivity index (χ3v) is 6.85. The number of aromatic nitrogens is 1. The van der Waals surface area contributed by atoms with Crippen molar-refractivity contribution in [2.45, 2.75) is 32.7 Å². The molecule has 1 aliphatic rings. The maximum atomic E-state index is 13.6. The predicted molar refractivity (Wildman–Crippen MR) is 144 cm³/mol. The summed E-state index contributed by atoms with van der Waals surface area (Å²) in [6.07, 6.45) is 0.939. The fourth-order valence-electron chi connectivity index (χ4n) is 4.99. The molecular formula is C30H31N3O4. The molecule has 1 atom stereocenters. The van der Waals surface area contributed by atoms with Gasteiger partial charge in [0.15, 0.2) is 0 Å². The number of aryl methyl sites for hydroxylation is 1. The number of fused-ring (bicyclic) bond motifs is 3. The van der Waals surface area contributed by atoms with Crippen LogP contribution in [0.25, 0.3) is 10.9 Å². The highest BCUT2D eigenvalue weighted by molar-refractivity contribution is 5.92. The summed E-state index contributed by atoms with van der Waals surface area (Å²) in [7, 11) is 1.67. The summed E-state index contributed by atoms with van der Waals surface area (Å²) in [6, 6.07) is 21.2. The van der Waals surface area contributed by atoms with Gasteiger partial charge in [-0.2, -0.15) is 0 Å². The Morgan fingerprint density at radius 2 is 1.81 bits per heavy atom. The monoisotopic (exact) mass is 497 g/mol. The highest BCUT2D eigenvalue weighted by Crippen LogP contribution is 2.39. The SMILES string of the molecule is CCOC(=O)Cc1ccc(NC(=O)N2CCc3c([nH]c4ccc(OC)cc34)[C@H]2c2ccc(C)cc2)cc1. The summed E-state index contributed by atoms with van der Waals surface area (Å²) in [6.45, 7) is 4.77. The van der Waals surface area contributed by atoms with Gasteiger partial charge in [-0.15, -0.1) is 0 Å². The number of aromatic amines is 1. The number of hydrogen-bond acceptors (Lipinski definition) is 4. The number of H-pyrrole nitrogens is 1. The summed E-state index contributed by atoms with van der Waals surface area (Å²) in [5, 5.41) is 4.18. The van der Waals surface area contributed by atoms with Crippen LogP contribution in [0.4, 0.5) is 10.5 Å². The number of nitrogens with one attached hydrogen (secondary N) is 2. The molecule has 2 heterocycles. The van der Waals surface area contributed by atoms with Crippen molar-refractivity contribution in [3.05, 3.63) is 94.7 Å². The zero-order valence-electron chi connectivity index (χ0n) is 21.3. The van der Waals surface area contributed by atoms with E-state index >= 15 is 0 Å². The Hall–Kier alpha value is -4.26.